The second-order valence-corrected chi connectivity index (χ2v) is 14.4. The number of benzene rings is 5. The molecule has 5 aromatic carbocycles. The molecule has 0 amide bonds. The van der Waals surface area contributed by atoms with Crippen molar-refractivity contribution in [1.82, 2.24) is 4.98 Å². The predicted octanol–water partition coefficient (Wildman–Crippen LogP) is 11.1. The first-order valence-electron chi connectivity index (χ1n) is 17.2. The number of nitrogens with zero attached hydrogens (tertiary/aromatic N) is 3. The molecule has 51 heavy (non-hydrogen) atoms. The molecule has 3 aliphatic rings. The van der Waals surface area contributed by atoms with Crippen LogP contribution in [0.25, 0.3) is 11.1 Å². The number of aromatic nitrogens is 1. The van der Waals surface area contributed by atoms with Crippen molar-refractivity contribution in [3.05, 3.63) is 165 Å². The number of hydrogen-bond donors (Lipinski definition) is 0. The Morgan fingerprint density at radius 2 is 1.37 bits per heavy atom. The maximum Gasteiger partial charge on any atom is 2.00 e. The van der Waals surface area contributed by atoms with Crippen molar-refractivity contribution in [3.63, 3.8) is 0 Å². The minimum atomic E-state index is -0.198. The standard InChI is InChI=1S/C45H37N3O2.Pt/c1-26-13-15-34-36(22-26)37-23-27(2)14-16-35(37)42-41(34)47-44(50-42)30-18-28(3)20-32(24-30)49-33-21-29(4)19-31(25-33)48-40-12-8-7-10-38(40)45(5,6)39-11-9-17-46-43(39)48;/h7-23,41-42H,1-6H3;/q-2;+2/t41-,42+;/m1./s1. The Morgan fingerprint density at radius 3 is 2.16 bits per heavy atom. The molecular formula is C45H37N3O2Pt. The number of ether oxygens (including phenoxy) is 2. The molecule has 0 N–H and O–H groups in total. The zero-order valence-electron chi connectivity index (χ0n) is 29.4. The number of aryl methyl sites for hydroxylation is 4. The molecule has 1 aromatic heterocycles. The number of para-hydroxylation sites is 1. The van der Waals surface area contributed by atoms with Gasteiger partial charge in [-0.1, -0.05) is 123 Å². The van der Waals surface area contributed by atoms with Gasteiger partial charge < -0.3 is 14.4 Å². The van der Waals surface area contributed by atoms with Crippen molar-refractivity contribution in [1.29, 1.82) is 0 Å². The van der Waals surface area contributed by atoms with Gasteiger partial charge in [-0.2, -0.15) is 5.56 Å². The quantitative estimate of drug-likeness (QED) is 0.166. The molecule has 9 rings (SSSR count). The SMILES string of the molecule is Cc1cc(Oc2[c-]c(N3c4ccccc4C(C)(C)c4cccnc43)cc(C)c2)[c-]c(C2=N[C@@H]3c4ccc(C)cc4-c4cc(C)ccc4[C@@H]3O2)c1.[Pt+2]. The monoisotopic (exact) mass is 846 g/mol. The van der Waals surface area contributed by atoms with Crippen LogP contribution < -0.4 is 9.64 Å². The summed E-state index contributed by atoms with van der Waals surface area (Å²) in [7, 11) is 0. The minimum absolute atomic E-state index is 0. The summed E-state index contributed by atoms with van der Waals surface area (Å²) in [5, 5.41) is 0. The first kappa shape index (κ1) is 33.2. The van der Waals surface area contributed by atoms with E-state index in [1.807, 2.05) is 24.4 Å². The van der Waals surface area contributed by atoms with E-state index >= 15 is 0 Å². The second kappa shape index (κ2) is 12.4. The molecule has 0 radical (unpaired) electrons. The Labute approximate surface area is 314 Å². The van der Waals surface area contributed by atoms with Crippen LogP contribution in [0.3, 0.4) is 0 Å². The summed E-state index contributed by atoms with van der Waals surface area (Å²) in [4.78, 5) is 12.3. The molecule has 0 saturated heterocycles. The Morgan fingerprint density at radius 1 is 0.706 bits per heavy atom. The van der Waals surface area contributed by atoms with Crippen molar-refractivity contribution in [2.45, 2.75) is 59.1 Å². The van der Waals surface area contributed by atoms with Crippen LogP contribution in [0.5, 0.6) is 11.5 Å². The van der Waals surface area contributed by atoms with E-state index in [4.69, 9.17) is 19.5 Å². The van der Waals surface area contributed by atoms with E-state index in [0.29, 0.717) is 17.4 Å². The molecule has 2 aliphatic heterocycles. The fraction of sp³-hybridized carbons (Fsp3) is 0.200. The van der Waals surface area contributed by atoms with Crippen LogP contribution in [0.1, 0.15) is 76.1 Å². The Balaban J connectivity index is 0.00000374. The largest absolute Gasteiger partial charge is 2.00 e. The van der Waals surface area contributed by atoms with Crippen molar-refractivity contribution in [2.24, 2.45) is 4.99 Å². The summed E-state index contributed by atoms with van der Waals surface area (Å²) in [6.45, 7) is 12.9. The number of rotatable bonds is 4. The summed E-state index contributed by atoms with van der Waals surface area (Å²) in [5.74, 6) is 2.67. The van der Waals surface area contributed by atoms with Gasteiger partial charge in [-0.25, -0.2) is 4.98 Å². The molecule has 1 aliphatic carbocycles. The third-order valence-corrected chi connectivity index (χ3v) is 10.3. The van der Waals surface area contributed by atoms with E-state index in [2.05, 4.69) is 137 Å². The van der Waals surface area contributed by atoms with Gasteiger partial charge in [0.25, 0.3) is 0 Å². The Hall–Kier alpha value is -4.99. The van der Waals surface area contributed by atoms with E-state index in [9.17, 15) is 0 Å². The molecule has 3 heterocycles. The average molecular weight is 847 g/mol. The normalized spacial score (nSPS) is 17.5. The molecule has 6 heteroatoms. The van der Waals surface area contributed by atoms with Crippen LogP contribution in [0.2, 0.25) is 0 Å². The number of aliphatic imine (C=N–C) groups is 1. The van der Waals surface area contributed by atoms with Gasteiger partial charge in [-0.15, -0.1) is 29.8 Å². The van der Waals surface area contributed by atoms with E-state index < -0.39 is 0 Å². The van der Waals surface area contributed by atoms with E-state index in [-0.39, 0.29) is 38.6 Å². The molecule has 2 atom stereocenters. The summed E-state index contributed by atoms with van der Waals surface area (Å²) in [5.41, 5.74) is 14.3. The van der Waals surface area contributed by atoms with Gasteiger partial charge in [-0.05, 0) is 48.2 Å². The summed E-state index contributed by atoms with van der Waals surface area (Å²) in [6, 6.07) is 41.1. The molecule has 0 unspecified atom stereocenters. The van der Waals surface area contributed by atoms with Crippen LogP contribution in [0.4, 0.5) is 17.2 Å². The van der Waals surface area contributed by atoms with Crippen molar-refractivity contribution < 1.29 is 30.5 Å². The van der Waals surface area contributed by atoms with Gasteiger partial charge in [-0.3, -0.25) is 4.99 Å². The predicted molar refractivity (Wildman–Crippen MR) is 199 cm³/mol. The first-order valence-corrected chi connectivity index (χ1v) is 17.2. The summed E-state index contributed by atoms with van der Waals surface area (Å²) >= 11 is 0. The fourth-order valence-electron chi connectivity index (χ4n) is 7.89. The van der Waals surface area contributed by atoms with E-state index in [1.165, 1.54) is 44.5 Å². The smallest absolute Gasteiger partial charge is 0.510 e. The van der Waals surface area contributed by atoms with Gasteiger partial charge in [0, 0.05) is 39.9 Å². The molecule has 0 saturated carbocycles. The average Bonchev–Trinajstić information content (AvgIpc) is 3.54. The van der Waals surface area contributed by atoms with Crippen LogP contribution in [-0.2, 0) is 31.2 Å². The van der Waals surface area contributed by atoms with Gasteiger partial charge in [0.15, 0.2) is 0 Å². The third-order valence-electron chi connectivity index (χ3n) is 10.3. The maximum absolute atomic E-state index is 6.71. The van der Waals surface area contributed by atoms with Gasteiger partial charge >= 0.3 is 21.1 Å². The Bertz CT molecular complexity index is 2350. The maximum atomic E-state index is 6.71. The molecule has 0 fully saturated rings. The van der Waals surface area contributed by atoms with Crippen molar-refractivity contribution in [2.75, 3.05) is 4.90 Å². The van der Waals surface area contributed by atoms with Crippen molar-refractivity contribution >= 4 is 23.1 Å². The molecular weight excluding hydrogens is 810 g/mol. The van der Waals surface area contributed by atoms with Crippen LogP contribution >= 0.6 is 0 Å². The molecule has 0 spiro atoms. The molecule has 6 aromatic rings. The zero-order chi connectivity index (χ0) is 34.3. The molecule has 0 bridgehead atoms. The fourth-order valence-corrected chi connectivity index (χ4v) is 7.89. The summed E-state index contributed by atoms with van der Waals surface area (Å²) in [6.07, 6.45) is 1.66. The molecule has 254 valence electrons. The molecule has 5 nitrogen and oxygen atoms in total. The van der Waals surface area contributed by atoms with E-state index in [1.54, 1.807) is 0 Å². The second-order valence-electron chi connectivity index (χ2n) is 14.4. The first-order chi connectivity index (χ1) is 24.1. The van der Waals surface area contributed by atoms with Crippen LogP contribution in [0, 0.1) is 39.8 Å². The number of anilines is 3. The summed E-state index contributed by atoms with van der Waals surface area (Å²) < 4.78 is 13.3. The van der Waals surface area contributed by atoms with Crippen molar-refractivity contribution in [3.8, 4) is 22.6 Å². The van der Waals surface area contributed by atoms with Gasteiger partial charge in [0.2, 0.25) is 0 Å². The number of hydrogen-bond acceptors (Lipinski definition) is 5. The van der Waals surface area contributed by atoms with Gasteiger partial charge in [0.1, 0.15) is 23.9 Å². The number of pyridine rings is 1. The third kappa shape index (κ3) is 5.50. The Kier molecular flexibility index (Phi) is 8.03. The topological polar surface area (TPSA) is 47.0 Å². The van der Waals surface area contributed by atoms with Crippen LogP contribution in [-0.4, -0.2) is 10.9 Å². The zero-order valence-corrected chi connectivity index (χ0v) is 31.7. The van der Waals surface area contributed by atoms with Gasteiger partial charge in [0.05, 0.1) is 0 Å². The minimum Gasteiger partial charge on any atom is -0.510 e. The van der Waals surface area contributed by atoms with Crippen LogP contribution in [0.15, 0.2) is 108 Å². The van der Waals surface area contributed by atoms with E-state index in [0.717, 1.165) is 33.9 Å². The number of fused-ring (bicyclic) bond motifs is 8.